The molecule has 9 N–H and O–H groups in total. The molecule has 2 aromatic heterocycles. The number of H-pyrrole nitrogens is 2. The van der Waals surface area contributed by atoms with Crippen LogP contribution >= 0.6 is 0 Å². The number of fused-ring (bicyclic) bond motifs is 1. The molecule has 6 atom stereocenters. The second kappa shape index (κ2) is 20.1. The number of carboxylic acid groups (broad SMARTS) is 1. The molecular formula is C40H59N9O7. The van der Waals surface area contributed by atoms with Crippen molar-refractivity contribution < 1.29 is 33.9 Å². The van der Waals surface area contributed by atoms with Gasteiger partial charge in [0.2, 0.25) is 29.5 Å². The molecule has 1 aliphatic heterocycles. The first-order chi connectivity index (χ1) is 26.5. The van der Waals surface area contributed by atoms with Crippen molar-refractivity contribution in [3.63, 3.8) is 0 Å². The van der Waals surface area contributed by atoms with Gasteiger partial charge in [0.1, 0.15) is 30.2 Å². The van der Waals surface area contributed by atoms with Gasteiger partial charge in [-0.2, -0.15) is 0 Å². The Bertz CT molecular complexity index is 1810. The van der Waals surface area contributed by atoms with Gasteiger partial charge in [-0.25, -0.2) is 9.78 Å². The lowest BCUT2D eigenvalue weighted by molar-refractivity contribution is -0.149. The number of nitrogens with two attached hydrogens (primary N) is 1. The Balaban J connectivity index is 1.61. The van der Waals surface area contributed by atoms with Gasteiger partial charge >= 0.3 is 5.97 Å². The molecular weight excluding hydrogens is 718 g/mol. The number of aromatic amines is 2. The Kier molecular flexibility index (Phi) is 15.6. The third-order valence-electron chi connectivity index (χ3n) is 9.89. The molecule has 0 bridgehead atoms. The molecule has 0 saturated carbocycles. The van der Waals surface area contributed by atoms with Gasteiger partial charge in [-0.05, 0) is 61.5 Å². The van der Waals surface area contributed by atoms with Gasteiger partial charge in [-0.3, -0.25) is 24.0 Å². The quantitative estimate of drug-likeness (QED) is 0.0837. The van der Waals surface area contributed by atoms with Crippen molar-refractivity contribution in [1.82, 2.24) is 41.1 Å². The molecule has 1 fully saturated rings. The first-order valence-electron chi connectivity index (χ1n) is 19.6. The van der Waals surface area contributed by atoms with E-state index in [2.05, 4.69) is 36.2 Å². The third-order valence-corrected chi connectivity index (χ3v) is 9.89. The van der Waals surface area contributed by atoms with Gasteiger partial charge in [-0.1, -0.05) is 59.7 Å². The van der Waals surface area contributed by atoms with Gasteiger partial charge in [-0.15, -0.1) is 0 Å². The van der Waals surface area contributed by atoms with E-state index in [-0.39, 0.29) is 50.0 Å². The molecule has 0 unspecified atom stereocenters. The molecule has 0 radical (unpaired) electrons. The highest BCUT2D eigenvalue weighted by molar-refractivity contribution is 5.97. The average Bonchev–Trinajstić information content (AvgIpc) is 3.91. The highest BCUT2D eigenvalue weighted by Crippen LogP contribution is 2.22. The lowest BCUT2D eigenvalue weighted by Gasteiger charge is -2.30. The smallest absolute Gasteiger partial charge is 0.326 e. The van der Waals surface area contributed by atoms with Crippen LogP contribution in [-0.4, -0.2) is 103 Å². The van der Waals surface area contributed by atoms with Crippen LogP contribution in [0.25, 0.3) is 10.9 Å². The monoisotopic (exact) mass is 777 g/mol. The second-order valence-electron chi connectivity index (χ2n) is 16.1. The number of rotatable bonds is 20. The molecule has 5 amide bonds. The van der Waals surface area contributed by atoms with Crippen LogP contribution in [0.15, 0.2) is 43.0 Å². The van der Waals surface area contributed by atoms with Gasteiger partial charge in [0.15, 0.2) is 0 Å². The standard InChI is InChI=1S/C40H59N9O7/c1-22(2)14-28(41)35(50)45-32(18-26-20-42-21-44-26)38(53)46-30(15-23(3)4)36(51)47-31(17-25-19-43-29-11-8-7-10-27(25)29)37(52)48-33(16-24(5)6)39(54)49-13-9-12-34(49)40(55)56/h7-8,10-11,19-24,28,30-34,43H,9,12-18,41H2,1-6H3,(H,42,44)(H,45,50)(H,46,53)(H,47,51)(H,48,52)(H,55,56)/t28-,30-,31-,32-,33-,34-/m0/s1. The molecule has 1 aliphatic rings. The van der Waals surface area contributed by atoms with Gasteiger partial charge in [0.05, 0.1) is 12.4 Å². The lowest BCUT2D eigenvalue weighted by Crippen LogP contribution is -2.60. The number of hydrogen-bond acceptors (Lipinski definition) is 8. The first-order valence-corrected chi connectivity index (χ1v) is 19.6. The predicted octanol–water partition coefficient (Wildman–Crippen LogP) is 2.16. The second-order valence-corrected chi connectivity index (χ2v) is 16.1. The molecule has 306 valence electrons. The zero-order valence-corrected chi connectivity index (χ0v) is 33.3. The number of nitrogens with zero attached hydrogens (tertiary/aromatic N) is 2. The van der Waals surface area contributed by atoms with Gasteiger partial charge < -0.3 is 47.0 Å². The maximum absolute atomic E-state index is 14.3. The summed E-state index contributed by atoms with van der Waals surface area (Å²) >= 11 is 0. The minimum Gasteiger partial charge on any atom is -0.480 e. The minimum atomic E-state index is -1.20. The summed E-state index contributed by atoms with van der Waals surface area (Å²) < 4.78 is 0. The van der Waals surface area contributed by atoms with Crippen molar-refractivity contribution in [2.45, 2.75) is 123 Å². The number of carboxylic acids is 1. The fourth-order valence-corrected chi connectivity index (χ4v) is 7.15. The maximum Gasteiger partial charge on any atom is 0.326 e. The van der Waals surface area contributed by atoms with E-state index in [0.717, 1.165) is 16.5 Å². The Morgan fingerprint density at radius 3 is 1.98 bits per heavy atom. The lowest BCUT2D eigenvalue weighted by atomic mass is 9.98. The summed E-state index contributed by atoms with van der Waals surface area (Å²) in [7, 11) is 0. The van der Waals surface area contributed by atoms with Crippen LogP contribution in [0.1, 0.15) is 84.9 Å². The Morgan fingerprint density at radius 2 is 1.36 bits per heavy atom. The van der Waals surface area contributed by atoms with Gasteiger partial charge in [0, 0.05) is 48.4 Å². The van der Waals surface area contributed by atoms with E-state index in [1.165, 1.54) is 17.4 Å². The number of aliphatic carboxylic acids is 1. The summed E-state index contributed by atoms with van der Waals surface area (Å²) in [5, 5.41) is 21.9. The topological polar surface area (TPSA) is 244 Å². The van der Waals surface area contributed by atoms with Crippen LogP contribution in [0.3, 0.4) is 0 Å². The molecule has 1 aromatic carbocycles. The van der Waals surface area contributed by atoms with Crippen LogP contribution < -0.4 is 27.0 Å². The van der Waals surface area contributed by atoms with Gasteiger partial charge in [0.25, 0.3) is 0 Å². The minimum absolute atomic E-state index is 0.0301. The molecule has 3 aromatic rings. The molecule has 56 heavy (non-hydrogen) atoms. The number of imidazole rings is 1. The number of carbonyl (C=O) groups is 6. The molecule has 1 saturated heterocycles. The van der Waals surface area contributed by atoms with Crippen LogP contribution in [0.5, 0.6) is 0 Å². The molecule has 4 rings (SSSR count). The van der Waals surface area contributed by atoms with Crippen molar-refractivity contribution >= 4 is 46.4 Å². The zero-order valence-electron chi connectivity index (χ0n) is 33.3. The zero-order chi connectivity index (χ0) is 41.1. The molecule has 0 aliphatic carbocycles. The summed E-state index contributed by atoms with van der Waals surface area (Å²) in [4.78, 5) is 92.9. The van der Waals surface area contributed by atoms with E-state index in [4.69, 9.17) is 5.73 Å². The van der Waals surface area contributed by atoms with Crippen molar-refractivity contribution in [2.24, 2.45) is 23.5 Å². The number of carbonyl (C=O) groups excluding carboxylic acids is 5. The number of aromatic nitrogens is 3. The van der Waals surface area contributed by atoms with E-state index in [0.29, 0.717) is 25.0 Å². The fraction of sp³-hybridized carbons (Fsp3) is 0.575. The average molecular weight is 778 g/mol. The maximum atomic E-state index is 14.3. The Labute approximate surface area is 327 Å². The Hall–Kier alpha value is -5.25. The molecule has 0 spiro atoms. The molecule has 3 heterocycles. The highest BCUT2D eigenvalue weighted by atomic mass is 16.4. The molecule has 16 heteroatoms. The van der Waals surface area contributed by atoms with Crippen LogP contribution in [0.4, 0.5) is 0 Å². The number of para-hydroxylation sites is 1. The summed E-state index contributed by atoms with van der Waals surface area (Å²) in [5.74, 6) is -3.93. The highest BCUT2D eigenvalue weighted by Gasteiger charge is 2.39. The Morgan fingerprint density at radius 1 is 0.786 bits per heavy atom. The fourth-order valence-electron chi connectivity index (χ4n) is 7.15. The van der Waals surface area contributed by atoms with E-state index in [9.17, 15) is 33.9 Å². The van der Waals surface area contributed by atoms with Crippen molar-refractivity contribution in [1.29, 1.82) is 0 Å². The summed E-state index contributed by atoms with van der Waals surface area (Å²) in [6.45, 7) is 11.7. The SMILES string of the molecule is CC(C)C[C@H](NC(=O)[C@H](Cc1cnc[nH]1)NC(=O)[C@@H](N)CC(C)C)C(=O)N[C@@H](Cc1c[nH]c2ccccc12)C(=O)N[C@@H](CC(C)C)C(=O)N1CCC[C@H]1C(=O)O. The third kappa shape index (κ3) is 12.1. The summed E-state index contributed by atoms with van der Waals surface area (Å²) in [6.07, 6.45) is 6.56. The van der Waals surface area contributed by atoms with Crippen molar-refractivity contribution in [3.05, 3.63) is 54.2 Å². The van der Waals surface area contributed by atoms with Crippen molar-refractivity contribution in [3.8, 4) is 0 Å². The van der Waals surface area contributed by atoms with Crippen LogP contribution in [0, 0.1) is 17.8 Å². The van der Waals surface area contributed by atoms with Crippen molar-refractivity contribution in [2.75, 3.05) is 6.54 Å². The number of benzene rings is 1. The number of amides is 5. The van der Waals surface area contributed by atoms with E-state index in [1.807, 2.05) is 65.8 Å². The largest absolute Gasteiger partial charge is 0.480 e. The first kappa shape index (κ1) is 43.5. The molecule has 16 nitrogen and oxygen atoms in total. The number of likely N-dealkylation sites (tertiary alicyclic amines) is 1. The summed E-state index contributed by atoms with van der Waals surface area (Å²) in [5.41, 5.74) is 8.30. The normalized spacial score (nSPS) is 17.0. The van der Waals surface area contributed by atoms with Crippen LogP contribution in [-0.2, 0) is 41.6 Å². The number of hydrogen-bond donors (Lipinski definition) is 8. The van der Waals surface area contributed by atoms with E-state index >= 15 is 0 Å². The van der Waals surface area contributed by atoms with Crippen LogP contribution in [0.2, 0.25) is 0 Å². The summed E-state index contributed by atoms with van der Waals surface area (Å²) in [6, 6.07) is 1.25. The van der Waals surface area contributed by atoms with E-state index < -0.39 is 71.8 Å². The predicted molar refractivity (Wildman–Crippen MR) is 211 cm³/mol. The number of nitrogens with one attached hydrogen (secondary N) is 6. The van der Waals surface area contributed by atoms with E-state index in [1.54, 1.807) is 6.20 Å².